The van der Waals surface area contributed by atoms with Crippen LogP contribution in [0.4, 0.5) is 5.69 Å². The van der Waals surface area contributed by atoms with Crippen molar-refractivity contribution in [2.24, 2.45) is 7.05 Å². The van der Waals surface area contributed by atoms with Crippen molar-refractivity contribution in [3.05, 3.63) is 106 Å². The number of hydrogen-bond donors (Lipinski definition) is 1. The standard InChI is InChI=1S/C35H34Cl2N6O4.BrH/c1-22(2)46-32-10-4-23(19-38-32)21-42-12-14-43(15-13-42)35(45)31-17-24-5-8-27(18-30(24)41(31)3)47-33-11-7-26(20-39-33)40-34(44)25-6-9-28(36)29(37)16-25;/h4-11,16-20,22H,12-15,21H2,1-3H3,(H,40,44);1H. The number of aromatic nitrogens is 3. The van der Waals surface area contributed by atoms with E-state index in [0.717, 1.165) is 36.1 Å². The highest BCUT2D eigenvalue weighted by molar-refractivity contribution is 8.93. The molecule has 1 aliphatic heterocycles. The number of carbonyl (C=O) groups is 2. The van der Waals surface area contributed by atoms with Crippen molar-refractivity contribution in [3.8, 4) is 17.5 Å². The van der Waals surface area contributed by atoms with Crippen molar-refractivity contribution < 1.29 is 19.1 Å². The van der Waals surface area contributed by atoms with E-state index in [4.69, 9.17) is 32.7 Å². The first-order valence-electron chi connectivity index (χ1n) is 15.3. The summed E-state index contributed by atoms with van der Waals surface area (Å²) in [5.74, 6) is 1.23. The maximum Gasteiger partial charge on any atom is 0.270 e. The maximum atomic E-state index is 13.6. The molecule has 3 aromatic heterocycles. The molecule has 2 aromatic carbocycles. The van der Waals surface area contributed by atoms with E-state index in [-0.39, 0.29) is 34.9 Å². The van der Waals surface area contributed by atoms with Crippen LogP contribution in [0.25, 0.3) is 10.9 Å². The van der Waals surface area contributed by atoms with Gasteiger partial charge in [-0.25, -0.2) is 9.97 Å². The van der Waals surface area contributed by atoms with Gasteiger partial charge in [0.25, 0.3) is 11.8 Å². The van der Waals surface area contributed by atoms with Gasteiger partial charge in [-0.3, -0.25) is 14.5 Å². The van der Waals surface area contributed by atoms with Gasteiger partial charge in [-0.1, -0.05) is 29.3 Å². The average Bonchev–Trinajstić information content (AvgIpc) is 3.39. The van der Waals surface area contributed by atoms with E-state index < -0.39 is 0 Å². The fourth-order valence-corrected chi connectivity index (χ4v) is 5.70. The van der Waals surface area contributed by atoms with Gasteiger partial charge in [-0.2, -0.15) is 0 Å². The summed E-state index contributed by atoms with van der Waals surface area (Å²) in [5, 5.41) is 4.40. The Morgan fingerprint density at radius 2 is 1.62 bits per heavy atom. The number of nitrogens with zero attached hydrogens (tertiary/aromatic N) is 5. The van der Waals surface area contributed by atoms with E-state index in [1.807, 2.05) is 73.0 Å². The number of amides is 2. The Morgan fingerprint density at radius 1 is 0.875 bits per heavy atom. The van der Waals surface area contributed by atoms with Crippen LogP contribution in [-0.2, 0) is 13.6 Å². The van der Waals surface area contributed by atoms with Gasteiger partial charge in [0.2, 0.25) is 11.8 Å². The third kappa shape index (κ3) is 8.27. The lowest BCUT2D eigenvalue weighted by Gasteiger charge is -2.34. The molecule has 250 valence electrons. The molecule has 1 N–H and O–H groups in total. The van der Waals surface area contributed by atoms with E-state index in [1.54, 1.807) is 24.3 Å². The minimum Gasteiger partial charge on any atom is -0.475 e. The molecule has 48 heavy (non-hydrogen) atoms. The predicted molar refractivity (Wildman–Crippen MR) is 193 cm³/mol. The Morgan fingerprint density at radius 3 is 2.29 bits per heavy atom. The number of carbonyl (C=O) groups excluding carboxylic acids is 2. The fourth-order valence-electron chi connectivity index (χ4n) is 5.40. The molecular weight excluding hydrogens is 719 g/mol. The SMILES string of the molecule is Br.CC(C)Oc1ccc(CN2CCN(C(=O)c3cc4ccc(Oc5ccc(NC(=O)c6ccc(Cl)c(Cl)c6)cn5)cc4n3C)CC2)cn1. The molecule has 0 atom stereocenters. The number of anilines is 1. The van der Waals surface area contributed by atoms with E-state index in [9.17, 15) is 9.59 Å². The van der Waals surface area contributed by atoms with Crippen molar-refractivity contribution in [1.82, 2.24) is 24.3 Å². The molecule has 6 rings (SSSR count). The molecule has 5 aromatic rings. The van der Waals surface area contributed by atoms with Crippen molar-refractivity contribution in [3.63, 3.8) is 0 Å². The summed E-state index contributed by atoms with van der Waals surface area (Å²) in [6, 6.07) is 19.6. The molecule has 0 bridgehead atoms. The summed E-state index contributed by atoms with van der Waals surface area (Å²) in [7, 11) is 1.89. The first kappa shape index (κ1) is 35.2. The lowest BCUT2D eigenvalue weighted by Crippen LogP contribution is -2.48. The van der Waals surface area contributed by atoms with Gasteiger partial charge < -0.3 is 24.3 Å². The largest absolute Gasteiger partial charge is 0.475 e. The van der Waals surface area contributed by atoms with E-state index in [2.05, 4.69) is 20.2 Å². The monoisotopic (exact) mass is 752 g/mol. The van der Waals surface area contributed by atoms with Gasteiger partial charge in [-0.15, -0.1) is 17.0 Å². The normalized spacial score (nSPS) is 13.3. The van der Waals surface area contributed by atoms with Gasteiger partial charge in [0.1, 0.15) is 11.4 Å². The maximum absolute atomic E-state index is 13.6. The molecule has 10 nitrogen and oxygen atoms in total. The molecule has 0 saturated carbocycles. The van der Waals surface area contributed by atoms with E-state index in [1.165, 1.54) is 12.3 Å². The lowest BCUT2D eigenvalue weighted by atomic mass is 10.2. The summed E-state index contributed by atoms with van der Waals surface area (Å²) in [5.41, 5.74) is 3.48. The summed E-state index contributed by atoms with van der Waals surface area (Å²) in [6.07, 6.45) is 3.45. The molecular formula is C35H35BrCl2N6O4. The van der Waals surface area contributed by atoms with Crippen LogP contribution in [0.1, 0.15) is 40.3 Å². The molecule has 13 heteroatoms. The van der Waals surface area contributed by atoms with E-state index >= 15 is 0 Å². The van der Waals surface area contributed by atoms with Crippen molar-refractivity contribution in [1.29, 1.82) is 0 Å². The highest BCUT2D eigenvalue weighted by Gasteiger charge is 2.25. The number of pyridine rings is 2. The molecule has 1 fully saturated rings. The van der Waals surface area contributed by atoms with Crippen LogP contribution in [0, 0.1) is 0 Å². The van der Waals surface area contributed by atoms with Crippen LogP contribution < -0.4 is 14.8 Å². The second kappa shape index (κ2) is 15.4. The number of nitrogens with one attached hydrogen (secondary N) is 1. The number of halogens is 3. The van der Waals surface area contributed by atoms with Crippen LogP contribution in [-0.4, -0.2) is 68.4 Å². The highest BCUT2D eigenvalue weighted by atomic mass is 79.9. The summed E-state index contributed by atoms with van der Waals surface area (Å²) >= 11 is 12.0. The minimum absolute atomic E-state index is 0. The van der Waals surface area contributed by atoms with Crippen LogP contribution in [0.15, 0.2) is 79.1 Å². The Balaban J connectivity index is 0.00000451. The van der Waals surface area contributed by atoms with Crippen LogP contribution in [0.3, 0.4) is 0 Å². The zero-order chi connectivity index (χ0) is 33.1. The van der Waals surface area contributed by atoms with Gasteiger partial charge in [-0.05, 0) is 61.9 Å². The Labute approximate surface area is 299 Å². The number of rotatable bonds is 9. The molecule has 0 spiro atoms. The molecule has 0 aliphatic carbocycles. The lowest BCUT2D eigenvalue weighted by molar-refractivity contribution is 0.0619. The second-order valence-electron chi connectivity index (χ2n) is 11.6. The van der Waals surface area contributed by atoms with Gasteiger partial charge in [0.15, 0.2) is 0 Å². The topological polar surface area (TPSA) is 102 Å². The molecule has 4 heterocycles. The zero-order valence-corrected chi connectivity index (χ0v) is 29.9. The second-order valence-corrected chi connectivity index (χ2v) is 12.4. The highest BCUT2D eigenvalue weighted by Crippen LogP contribution is 2.28. The Hall–Kier alpha value is -4.16. The molecule has 0 unspecified atom stereocenters. The quantitative estimate of drug-likeness (QED) is 0.165. The first-order valence-corrected chi connectivity index (χ1v) is 16.0. The average molecular weight is 755 g/mol. The number of ether oxygens (including phenoxy) is 2. The summed E-state index contributed by atoms with van der Waals surface area (Å²) in [6.45, 7) is 7.59. The minimum atomic E-state index is -0.336. The van der Waals surface area contributed by atoms with Gasteiger partial charge >= 0.3 is 0 Å². The number of hydrogen-bond acceptors (Lipinski definition) is 7. The molecule has 2 amide bonds. The van der Waals surface area contributed by atoms with Crippen molar-refractivity contribution in [2.45, 2.75) is 26.5 Å². The molecule has 1 aliphatic rings. The zero-order valence-electron chi connectivity index (χ0n) is 26.7. The number of benzene rings is 2. The van der Waals surface area contributed by atoms with Crippen LogP contribution in [0.2, 0.25) is 10.0 Å². The number of aryl methyl sites for hydroxylation is 1. The molecule has 1 saturated heterocycles. The third-order valence-electron chi connectivity index (χ3n) is 7.85. The van der Waals surface area contributed by atoms with E-state index in [0.29, 0.717) is 57.6 Å². The predicted octanol–water partition coefficient (Wildman–Crippen LogP) is 7.64. The van der Waals surface area contributed by atoms with Crippen LogP contribution in [0.5, 0.6) is 17.5 Å². The first-order chi connectivity index (χ1) is 22.6. The number of fused-ring (bicyclic) bond motifs is 1. The van der Waals surface area contributed by atoms with Gasteiger partial charge in [0.05, 0.1) is 33.6 Å². The summed E-state index contributed by atoms with van der Waals surface area (Å²) in [4.78, 5) is 39.1. The van der Waals surface area contributed by atoms with Gasteiger partial charge in [0, 0.05) is 75.1 Å². The van der Waals surface area contributed by atoms with Crippen molar-refractivity contribution >= 4 is 68.6 Å². The Kier molecular flexibility index (Phi) is 11.3. The molecule has 0 radical (unpaired) electrons. The Bertz CT molecular complexity index is 1910. The summed E-state index contributed by atoms with van der Waals surface area (Å²) < 4.78 is 13.5. The van der Waals surface area contributed by atoms with Crippen LogP contribution >= 0.6 is 40.2 Å². The number of piperazine rings is 1. The fraction of sp³-hybridized carbons (Fsp3) is 0.257. The smallest absolute Gasteiger partial charge is 0.270 e. The third-order valence-corrected chi connectivity index (χ3v) is 8.59. The van der Waals surface area contributed by atoms with Crippen molar-refractivity contribution in [2.75, 3.05) is 31.5 Å².